The lowest BCUT2D eigenvalue weighted by Crippen LogP contribution is -2.53. The predicted octanol–water partition coefficient (Wildman–Crippen LogP) is 2.32. The first-order valence-corrected chi connectivity index (χ1v) is 17.0. The maximum atomic E-state index is 12.9. The Bertz CT molecular complexity index is 2190. The van der Waals surface area contributed by atoms with E-state index in [0.29, 0.717) is 47.1 Å². The Balaban J connectivity index is 0.000000164. The summed E-state index contributed by atoms with van der Waals surface area (Å²) in [6.07, 6.45) is 3.08. The lowest BCUT2D eigenvalue weighted by atomic mass is 9.93. The highest BCUT2D eigenvalue weighted by atomic mass is 79.9. The maximum Gasteiger partial charge on any atom is 0.322 e. The number of urea groups is 2. The first kappa shape index (κ1) is 35.1. The highest BCUT2D eigenvalue weighted by Crippen LogP contribution is 2.33. The van der Waals surface area contributed by atoms with Crippen molar-refractivity contribution >= 4 is 51.6 Å². The van der Waals surface area contributed by atoms with Gasteiger partial charge in [-0.3, -0.25) is 39.8 Å². The number of nitrogens with zero attached hydrogens (tertiary/aromatic N) is 4. The number of hydrogen-bond acceptors (Lipinski definition) is 10. The van der Waals surface area contributed by atoms with Gasteiger partial charge in [-0.25, -0.2) is 9.59 Å². The third-order valence-electron chi connectivity index (χ3n) is 9.40. The predicted molar refractivity (Wildman–Crippen MR) is 188 cm³/mol. The molecule has 2 atom stereocenters. The van der Waals surface area contributed by atoms with Crippen LogP contribution in [-0.2, 0) is 33.8 Å². The van der Waals surface area contributed by atoms with Crippen molar-refractivity contribution in [3.05, 3.63) is 117 Å². The Labute approximate surface area is 310 Å². The number of ether oxygens (including phenoxy) is 2. The van der Waals surface area contributed by atoms with Crippen LogP contribution in [0, 0.1) is 0 Å². The zero-order chi connectivity index (χ0) is 37.5. The molecule has 2 saturated heterocycles. The van der Waals surface area contributed by atoms with Crippen molar-refractivity contribution in [2.24, 2.45) is 0 Å². The zero-order valence-corrected chi connectivity index (χ0v) is 29.9. The van der Waals surface area contributed by atoms with Crippen LogP contribution in [0.25, 0.3) is 0 Å². The summed E-state index contributed by atoms with van der Waals surface area (Å²) in [5, 5.41) is 9.80. The number of amides is 8. The van der Waals surface area contributed by atoms with Gasteiger partial charge in [0, 0.05) is 41.1 Å². The van der Waals surface area contributed by atoms with Gasteiger partial charge >= 0.3 is 12.1 Å². The molecule has 0 saturated carbocycles. The number of fused-ring (bicyclic) bond motifs is 2. The number of aromatic nitrogens is 2. The van der Waals surface area contributed by atoms with E-state index in [2.05, 4.69) is 47.2 Å². The van der Waals surface area contributed by atoms with E-state index >= 15 is 0 Å². The van der Waals surface area contributed by atoms with E-state index in [0.717, 1.165) is 15.6 Å². The van der Waals surface area contributed by atoms with Crippen LogP contribution in [0.15, 0.2) is 83.6 Å². The summed E-state index contributed by atoms with van der Waals surface area (Å²) in [6, 6.07) is 17.8. The Kier molecular flexibility index (Phi) is 9.03. The van der Waals surface area contributed by atoms with Crippen LogP contribution in [0.3, 0.4) is 0 Å². The number of hydrogen-bond donors (Lipinski definition) is 4. The van der Waals surface area contributed by atoms with Gasteiger partial charge in [0.1, 0.15) is 11.5 Å². The van der Waals surface area contributed by atoms with Gasteiger partial charge in [-0.15, -0.1) is 0 Å². The van der Waals surface area contributed by atoms with Crippen molar-refractivity contribution in [2.75, 3.05) is 27.3 Å². The Morgan fingerprint density at radius 3 is 1.58 bits per heavy atom. The monoisotopic (exact) mass is 782 g/mol. The molecule has 8 rings (SSSR count). The molecule has 0 spiro atoms. The van der Waals surface area contributed by atoms with E-state index < -0.39 is 35.0 Å². The van der Waals surface area contributed by atoms with Crippen molar-refractivity contribution in [3.8, 4) is 11.5 Å². The van der Waals surface area contributed by atoms with Gasteiger partial charge in [-0.2, -0.15) is 0 Å². The molecular weight excluding hydrogens is 752 g/mol. The van der Waals surface area contributed by atoms with E-state index in [4.69, 9.17) is 9.47 Å². The van der Waals surface area contributed by atoms with Gasteiger partial charge in [-0.05, 0) is 75.6 Å². The first-order chi connectivity index (χ1) is 25.5. The van der Waals surface area contributed by atoms with Gasteiger partial charge in [0.15, 0.2) is 11.1 Å². The van der Waals surface area contributed by atoms with Crippen molar-refractivity contribution in [1.29, 1.82) is 0 Å². The van der Waals surface area contributed by atoms with E-state index in [1.165, 1.54) is 24.0 Å². The summed E-state index contributed by atoms with van der Waals surface area (Å²) in [5.74, 6) is -0.339. The molecule has 0 radical (unpaired) electrons. The molecule has 2 aromatic heterocycles. The van der Waals surface area contributed by atoms with Crippen LogP contribution in [-0.4, -0.2) is 82.8 Å². The van der Waals surface area contributed by atoms with Gasteiger partial charge in [0.25, 0.3) is 23.6 Å². The second-order valence-electron chi connectivity index (χ2n) is 12.6. The molecule has 0 bridgehead atoms. The normalized spacial score (nSPS) is 21.3. The number of nitrogens with one attached hydrogen (secondary N) is 4. The minimum absolute atomic E-state index is 0.0165. The number of rotatable bonds is 8. The molecule has 270 valence electrons. The maximum absolute atomic E-state index is 12.9. The molecule has 4 aromatic rings. The van der Waals surface area contributed by atoms with Crippen LogP contribution < -0.4 is 30.7 Å². The summed E-state index contributed by atoms with van der Waals surface area (Å²) < 4.78 is 11.1. The fraction of sp³-hybridized carbons (Fsp3) is 0.222. The fourth-order valence-electron chi connectivity index (χ4n) is 6.73. The molecular formula is C36H31BrN8O8. The summed E-state index contributed by atoms with van der Waals surface area (Å²) in [6.45, 7) is 0.627. The number of benzene rings is 2. The van der Waals surface area contributed by atoms with Crippen LogP contribution in [0.1, 0.15) is 43.2 Å². The third kappa shape index (κ3) is 6.28. The van der Waals surface area contributed by atoms with E-state index in [9.17, 15) is 28.8 Å². The molecule has 4 N–H and O–H groups in total. The topological polar surface area (TPSA) is 201 Å². The van der Waals surface area contributed by atoms with E-state index in [1.54, 1.807) is 67.0 Å². The first-order valence-electron chi connectivity index (χ1n) is 16.2. The molecule has 2 unspecified atom stereocenters. The second kappa shape index (κ2) is 13.6. The third-order valence-corrected chi connectivity index (χ3v) is 9.87. The average molecular weight is 784 g/mol. The summed E-state index contributed by atoms with van der Waals surface area (Å²) in [5.41, 5.74) is 0.615. The number of pyridine rings is 2. The van der Waals surface area contributed by atoms with Crippen LogP contribution >= 0.6 is 15.9 Å². The minimum atomic E-state index is -1.44. The molecule has 0 aliphatic carbocycles. The summed E-state index contributed by atoms with van der Waals surface area (Å²) in [4.78, 5) is 86.2. The lowest BCUT2D eigenvalue weighted by Gasteiger charge is -2.30. The van der Waals surface area contributed by atoms with Crippen molar-refractivity contribution in [1.82, 2.24) is 41.0 Å². The van der Waals surface area contributed by atoms with Gasteiger partial charge in [0.05, 0.1) is 38.7 Å². The SMILES string of the molecule is COc1ccc2c(c1)C(=O)N(CC1(c3ccc(Br)cn3)NC(=O)NC1=O)C2.COc1ccc2c(c1)C(=O)N(CC1(c3ccccn3)NC(=O)NC1=O)C2. The quantitative estimate of drug-likeness (QED) is 0.192. The summed E-state index contributed by atoms with van der Waals surface area (Å²) in [7, 11) is 3.07. The number of carbonyl (C=O) groups is 6. The molecule has 2 fully saturated rings. The van der Waals surface area contributed by atoms with Crippen LogP contribution in [0.2, 0.25) is 0 Å². The molecule has 2 aromatic carbocycles. The molecule has 4 aliphatic rings. The highest BCUT2D eigenvalue weighted by Gasteiger charge is 2.53. The molecule has 17 heteroatoms. The van der Waals surface area contributed by atoms with Crippen molar-refractivity contribution in [3.63, 3.8) is 0 Å². The Hall–Kier alpha value is -6.36. The zero-order valence-electron chi connectivity index (χ0n) is 28.3. The molecule has 4 aliphatic heterocycles. The number of halogens is 1. The Morgan fingerprint density at radius 2 is 1.19 bits per heavy atom. The number of imide groups is 2. The summed E-state index contributed by atoms with van der Waals surface area (Å²) >= 11 is 3.30. The fourth-order valence-corrected chi connectivity index (χ4v) is 6.97. The molecule has 8 amide bonds. The minimum Gasteiger partial charge on any atom is -0.497 e. The molecule has 53 heavy (non-hydrogen) atoms. The highest BCUT2D eigenvalue weighted by molar-refractivity contribution is 9.10. The van der Waals surface area contributed by atoms with Gasteiger partial charge in [-0.1, -0.05) is 18.2 Å². The van der Waals surface area contributed by atoms with Gasteiger partial charge < -0.3 is 29.9 Å². The van der Waals surface area contributed by atoms with Crippen LogP contribution in [0.5, 0.6) is 11.5 Å². The second-order valence-corrected chi connectivity index (χ2v) is 13.5. The number of methoxy groups -OCH3 is 2. The smallest absolute Gasteiger partial charge is 0.322 e. The molecule has 6 heterocycles. The number of carbonyl (C=O) groups excluding carboxylic acids is 6. The lowest BCUT2D eigenvalue weighted by molar-refractivity contribution is -0.125. The van der Waals surface area contributed by atoms with Gasteiger partial charge in [0.2, 0.25) is 0 Å². The van der Waals surface area contributed by atoms with Crippen molar-refractivity contribution < 1.29 is 38.2 Å². The standard InChI is InChI=1S/C18H15BrN4O4.C18H16N4O4/c1-27-12-4-2-10-8-23(15(24)13(10)6-12)9-18(16(25)21-17(26)22-18)14-5-3-11(19)7-20-14;1-26-12-6-5-11-9-22(15(23)13(11)8-12)10-18(14-4-2-3-7-19-14)16(24)20-17(25)21-18/h2-7H,8-9H2,1H3,(H2,21,22,25,26);2-8H,9-10H2,1H3,(H2,20,21,24,25). The largest absolute Gasteiger partial charge is 0.497 e. The average Bonchev–Trinajstić information content (AvgIpc) is 3.84. The van der Waals surface area contributed by atoms with E-state index in [1.807, 2.05) is 12.1 Å². The van der Waals surface area contributed by atoms with Crippen molar-refractivity contribution in [2.45, 2.75) is 24.2 Å². The van der Waals surface area contributed by atoms with Crippen LogP contribution in [0.4, 0.5) is 9.59 Å². The van der Waals surface area contributed by atoms with E-state index in [-0.39, 0.29) is 24.9 Å². The Morgan fingerprint density at radius 1 is 0.679 bits per heavy atom. The molecule has 16 nitrogen and oxygen atoms in total.